The molecule has 92 valence electrons. The van der Waals surface area contributed by atoms with Gasteiger partial charge in [0, 0.05) is 5.92 Å². The maximum Gasteiger partial charge on any atom is 0.229 e. The highest BCUT2D eigenvalue weighted by Gasteiger charge is 2.13. The Kier molecular flexibility index (Phi) is 5.84. The molecule has 0 radical (unpaired) electrons. The summed E-state index contributed by atoms with van der Waals surface area (Å²) in [5.74, 6) is 4.43. The van der Waals surface area contributed by atoms with Crippen molar-refractivity contribution in [3.8, 4) is 0 Å². The number of nitrogens with zero attached hydrogens (tertiary/aromatic N) is 2. The average molecular weight is 243 g/mol. The standard InChI is InChI=1S/C11H21N3OS/c1-8(2)6-16-7-10-13-11(15-14-10)9(3)4-5-12/h8-9H,4-7,12H2,1-3H3. The van der Waals surface area contributed by atoms with E-state index in [0.717, 1.165) is 23.8 Å². The Morgan fingerprint density at radius 1 is 1.38 bits per heavy atom. The van der Waals surface area contributed by atoms with Crippen molar-refractivity contribution in [1.82, 2.24) is 10.1 Å². The molecule has 4 nitrogen and oxygen atoms in total. The van der Waals surface area contributed by atoms with Gasteiger partial charge in [-0.2, -0.15) is 16.7 Å². The zero-order chi connectivity index (χ0) is 12.0. The van der Waals surface area contributed by atoms with Crippen LogP contribution in [0.2, 0.25) is 0 Å². The van der Waals surface area contributed by atoms with Crippen LogP contribution < -0.4 is 5.73 Å². The SMILES string of the molecule is CC(C)CSCc1noc(C(C)CCN)n1. The molecule has 1 atom stereocenters. The monoisotopic (exact) mass is 243 g/mol. The second-order valence-electron chi connectivity index (χ2n) is 4.44. The molecular weight excluding hydrogens is 222 g/mol. The zero-order valence-corrected chi connectivity index (χ0v) is 11.1. The second-order valence-corrected chi connectivity index (χ2v) is 5.47. The fraction of sp³-hybridized carbons (Fsp3) is 0.818. The molecule has 0 spiro atoms. The van der Waals surface area contributed by atoms with E-state index < -0.39 is 0 Å². The average Bonchev–Trinajstić information content (AvgIpc) is 2.66. The summed E-state index contributed by atoms with van der Waals surface area (Å²) in [6.07, 6.45) is 0.890. The molecule has 0 saturated carbocycles. The van der Waals surface area contributed by atoms with Crippen LogP contribution in [0.25, 0.3) is 0 Å². The van der Waals surface area contributed by atoms with E-state index in [9.17, 15) is 0 Å². The van der Waals surface area contributed by atoms with Crippen LogP contribution in [-0.4, -0.2) is 22.4 Å². The molecule has 16 heavy (non-hydrogen) atoms. The smallest absolute Gasteiger partial charge is 0.229 e. The van der Waals surface area contributed by atoms with Gasteiger partial charge in [0.05, 0.1) is 5.75 Å². The molecule has 1 aromatic rings. The first-order valence-electron chi connectivity index (χ1n) is 5.73. The summed E-state index contributed by atoms with van der Waals surface area (Å²) < 4.78 is 5.21. The van der Waals surface area contributed by atoms with Crippen LogP contribution in [0, 0.1) is 5.92 Å². The third-order valence-electron chi connectivity index (χ3n) is 2.19. The topological polar surface area (TPSA) is 64.9 Å². The highest BCUT2D eigenvalue weighted by atomic mass is 32.2. The Morgan fingerprint density at radius 2 is 2.12 bits per heavy atom. The summed E-state index contributed by atoms with van der Waals surface area (Å²) in [6.45, 7) is 7.13. The van der Waals surface area contributed by atoms with E-state index >= 15 is 0 Å². The summed E-state index contributed by atoms with van der Waals surface area (Å²) in [6, 6.07) is 0. The Labute approximate surface area is 101 Å². The van der Waals surface area contributed by atoms with Crippen molar-refractivity contribution in [2.24, 2.45) is 11.7 Å². The molecule has 1 heterocycles. The van der Waals surface area contributed by atoms with Crippen molar-refractivity contribution < 1.29 is 4.52 Å². The number of thioether (sulfide) groups is 1. The van der Waals surface area contributed by atoms with Gasteiger partial charge in [0.1, 0.15) is 0 Å². The van der Waals surface area contributed by atoms with Gasteiger partial charge in [-0.1, -0.05) is 25.9 Å². The second kappa shape index (κ2) is 6.91. The van der Waals surface area contributed by atoms with Gasteiger partial charge >= 0.3 is 0 Å². The molecule has 1 rings (SSSR count). The lowest BCUT2D eigenvalue weighted by Crippen LogP contribution is -2.04. The molecular formula is C11H21N3OS. The minimum Gasteiger partial charge on any atom is -0.339 e. The van der Waals surface area contributed by atoms with E-state index in [1.165, 1.54) is 0 Å². The predicted molar refractivity (Wildman–Crippen MR) is 67.4 cm³/mol. The molecule has 0 fully saturated rings. The third kappa shape index (κ3) is 4.53. The van der Waals surface area contributed by atoms with Crippen LogP contribution in [0.1, 0.15) is 44.8 Å². The van der Waals surface area contributed by atoms with Gasteiger partial charge in [0.15, 0.2) is 5.82 Å². The highest BCUT2D eigenvalue weighted by molar-refractivity contribution is 7.98. The quantitative estimate of drug-likeness (QED) is 0.796. The van der Waals surface area contributed by atoms with E-state index in [4.69, 9.17) is 10.3 Å². The van der Waals surface area contributed by atoms with E-state index in [0.29, 0.717) is 18.4 Å². The fourth-order valence-electron chi connectivity index (χ4n) is 1.29. The van der Waals surface area contributed by atoms with Gasteiger partial charge in [-0.15, -0.1) is 0 Å². The Balaban J connectivity index is 2.39. The Hall–Kier alpha value is -0.550. The van der Waals surface area contributed by atoms with Crippen molar-refractivity contribution in [2.75, 3.05) is 12.3 Å². The van der Waals surface area contributed by atoms with Crippen LogP contribution in [-0.2, 0) is 5.75 Å². The molecule has 0 amide bonds. The van der Waals surface area contributed by atoms with E-state index in [-0.39, 0.29) is 5.92 Å². The summed E-state index contributed by atoms with van der Waals surface area (Å²) in [5, 5.41) is 3.97. The van der Waals surface area contributed by atoms with Crippen LogP contribution in [0.15, 0.2) is 4.52 Å². The molecule has 5 heteroatoms. The van der Waals surface area contributed by atoms with Crippen molar-refractivity contribution in [2.45, 2.75) is 38.9 Å². The maximum atomic E-state index is 5.49. The number of hydrogen-bond acceptors (Lipinski definition) is 5. The predicted octanol–water partition coefficient (Wildman–Crippen LogP) is 2.41. The largest absolute Gasteiger partial charge is 0.339 e. The van der Waals surface area contributed by atoms with Gasteiger partial charge in [-0.3, -0.25) is 0 Å². The molecule has 0 aliphatic rings. The molecule has 2 N–H and O–H groups in total. The van der Waals surface area contributed by atoms with Crippen LogP contribution in [0.4, 0.5) is 0 Å². The van der Waals surface area contributed by atoms with Crippen molar-refractivity contribution in [3.63, 3.8) is 0 Å². The molecule has 1 unspecified atom stereocenters. The van der Waals surface area contributed by atoms with Crippen molar-refractivity contribution in [1.29, 1.82) is 0 Å². The maximum absolute atomic E-state index is 5.49. The van der Waals surface area contributed by atoms with Gasteiger partial charge in [-0.05, 0) is 24.6 Å². The first-order valence-corrected chi connectivity index (χ1v) is 6.89. The number of aromatic nitrogens is 2. The van der Waals surface area contributed by atoms with E-state index in [1.807, 2.05) is 11.8 Å². The third-order valence-corrected chi connectivity index (χ3v) is 3.55. The van der Waals surface area contributed by atoms with E-state index in [1.54, 1.807) is 0 Å². The minimum atomic E-state index is 0.265. The highest BCUT2D eigenvalue weighted by Crippen LogP contribution is 2.18. The normalized spacial score (nSPS) is 13.3. The van der Waals surface area contributed by atoms with Crippen LogP contribution in [0.5, 0.6) is 0 Å². The van der Waals surface area contributed by atoms with Crippen LogP contribution in [0.3, 0.4) is 0 Å². The first-order chi connectivity index (χ1) is 7.63. The molecule has 1 aromatic heterocycles. The van der Waals surface area contributed by atoms with Gasteiger partial charge in [0.2, 0.25) is 5.89 Å². The molecule has 0 bridgehead atoms. The molecule has 0 saturated heterocycles. The van der Waals surface area contributed by atoms with E-state index in [2.05, 4.69) is 30.9 Å². The minimum absolute atomic E-state index is 0.265. The van der Waals surface area contributed by atoms with Crippen molar-refractivity contribution >= 4 is 11.8 Å². The Morgan fingerprint density at radius 3 is 2.75 bits per heavy atom. The lowest BCUT2D eigenvalue weighted by Gasteiger charge is -2.02. The van der Waals surface area contributed by atoms with Crippen molar-refractivity contribution in [3.05, 3.63) is 11.7 Å². The van der Waals surface area contributed by atoms with Gasteiger partial charge < -0.3 is 10.3 Å². The molecule has 0 aliphatic heterocycles. The number of nitrogens with two attached hydrogens (primary N) is 1. The number of hydrogen-bond donors (Lipinski definition) is 1. The lowest BCUT2D eigenvalue weighted by atomic mass is 10.1. The van der Waals surface area contributed by atoms with Gasteiger partial charge in [-0.25, -0.2) is 0 Å². The fourth-order valence-corrected chi connectivity index (χ4v) is 2.17. The first kappa shape index (κ1) is 13.5. The summed E-state index contributed by atoms with van der Waals surface area (Å²) >= 11 is 1.84. The molecule has 0 aliphatic carbocycles. The zero-order valence-electron chi connectivity index (χ0n) is 10.3. The van der Waals surface area contributed by atoms with Crippen LogP contribution >= 0.6 is 11.8 Å². The summed E-state index contributed by atoms with van der Waals surface area (Å²) in [7, 11) is 0. The lowest BCUT2D eigenvalue weighted by molar-refractivity contribution is 0.352. The number of rotatable bonds is 7. The van der Waals surface area contributed by atoms with Gasteiger partial charge in [0.25, 0.3) is 0 Å². The summed E-state index contributed by atoms with van der Waals surface area (Å²) in [5.41, 5.74) is 5.49. The Bertz CT molecular complexity index is 301. The molecule has 0 aromatic carbocycles. The summed E-state index contributed by atoms with van der Waals surface area (Å²) in [4.78, 5) is 4.37.